The van der Waals surface area contributed by atoms with Gasteiger partial charge >= 0.3 is 0 Å². The molecule has 1 amide bonds. The molecule has 25 heteroatoms. The van der Waals surface area contributed by atoms with Gasteiger partial charge in [0.1, 0.15) is 11.5 Å². The van der Waals surface area contributed by atoms with Crippen LogP contribution < -0.4 is 21.7 Å². The maximum absolute atomic E-state index is 12.9. The van der Waals surface area contributed by atoms with E-state index in [1.165, 1.54) is 150 Å². The molecule has 1 saturated carbocycles. The predicted molar refractivity (Wildman–Crippen MR) is 596 cm³/mol. The number of piperazine rings is 1. The summed E-state index contributed by atoms with van der Waals surface area (Å²) in [5, 5.41) is 83.3. The van der Waals surface area contributed by atoms with Crippen LogP contribution in [-0.4, -0.2) is 159 Å². The number of phenolic OH excluding ortho intramolecular Hbond substituents is 2. The summed E-state index contributed by atoms with van der Waals surface area (Å²) in [5.74, 6) is 3.22. The van der Waals surface area contributed by atoms with Crippen LogP contribution in [0.25, 0.3) is 112 Å². The number of fused-ring (bicyclic) bond motifs is 15. The number of pyridine rings is 3. The summed E-state index contributed by atoms with van der Waals surface area (Å²) in [6.07, 6.45) is 61.9. The van der Waals surface area contributed by atoms with Crippen LogP contribution in [0.3, 0.4) is 0 Å². The smallest absolute Gasteiger partial charge is 0.246 e. The van der Waals surface area contributed by atoms with Crippen molar-refractivity contribution in [2.75, 3.05) is 50.4 Å². The SMILES string of the molecule is C=Cc1[nH]ncc1C1=CNC(c2ccc3c(c2)C(N2CCN(C)CC2)=CC3)C=C1CCCC.CCCc1c(-c2ccc(O)cc2)nc2ccc3[nH]nc(Nc4ccn(C)n4)c3c2c1C.CCCc1c(C2=CCC(O)C=C2)nc2c(c1C)C/C=N\N(C(=O)C1CCCC1)C/C=C\2.Cn1ncc2c3c4c(c(-c5ccc(O)cc5)nc3ccc21)CCCC4.NC1=CCC2C=CC(C3Nc4ccc5[nH]ncc5c4C4=C3CCCC4)=CC12. The molecule has 752 valence electrons. The number of carbonyl (C=O) groups excluding carboxylic acids is 1. The van der Waals surface area contributed by atoms with E-state index in [2.05, 4.69) is 211 Å². The highest BCUT2D eigenvalue weighted by molar-refractivity contribution is 6.14. The number of H-pyrrole nitrogens is 3. The monoisotopic (exact) mass is 1960 g/mol. The van der Waals surface area contributed by atoms with Crippen LogP contribution in [0, 0.1) is 31.6 Å². The number of aryl methyl sites for hydroxylation is 4. The second kappa shape index (κ2) is 43.3. The van der Waals surface area contributed by atoms with Crippen molar-refractivity contribution in [3.05, 3.63) is 314 Å². The first-order chi connectivity index (χ1) is 71.8. The summed E-state index contributed by atoms with van der Waals surface area (Å²) in [6.45, 7) is 19.9. The minimum atomic E-state index is -0.410. The van der Waals surface area contributed by atoms with Crippen LogP contribution >= 0.6 is 0 Å². The van der Waals surface area contributed by atoms with Gasteiger partial charge in [-0.2, -0.15) is 30.6 Å². The summed E-state index contributed by atoms with van der Waals surface area (Å²) >= 11 is 0. The van der Waals surface area contributed by atoms with Crippen molar-refractivity contribution in [1.82, 2.24) is 85.2 Å². The van der Waals surface area contributed by atoms with Gasteiger partial charge in [0.05, 0.1) is 105 Å². The molecule has 12 heterocycles. The molecule has 0 radical (unpaired) electrons. The Kier molecular flexibility index (Phi) is 28.9. The van der Waals surface area contributed by atoms with Gasteiger partial charge in [-0.05, 0) is 317 Å². The number of allylic oxidation sites excluding steroid dienone is 9. The Balaban J connectivity index is 0.000000108. The number of anilines is 3. The van der Waals surface area contributed by atoms with Gasteiger partial charge in [0.2, 0.25) is 5.91 Å². The second-order valence-electron chi connectivity index (χ2n) is 41.1. The third-order valence-corrected chi connectivity index (χ3v) is 31.6. The Hall–Kier alpha value is -15.1. The first-order valence-corrected chi connectivity index (χ1v) is 53.2. The number of carbonyl (C=O) groups is 1. The summed E-state index contributed by atoms with van der Waals surface area (Å²) in [6, 6.07) is 36.7. The van der Waals surface area contributed by atoms with E-state index in [0.29, 0.717) is 31.2 Å². The zero-order valence-corrected chi connectivity index (χ0v) is 85.8. The molecule has 25 rings (SSSR count). The molecule has 1 saturated heterocycles. The molecule has 6 aromatic carbocycles. The molecule has 147 heavy (non-hydrogen) atoms. The third kappa shape index (κ3) is 20.1. The molecule has 11 aliphatic rings. The highest BCUT2D eigenvalue weighted by Gasteiger charge is 2.37. The molecular weight excluding hydrogens is 1820 g/mol. The lowest BCUT2D eigenvalue weighted by Gasteiger charge is -2.37. The van der Waals surface area contributed by atoms with Crippen molar-refractivity contribution in [3.63, 3.8) is 0 Å². The molecule has 8 aromatic heterocycles. The van der Waals surface area contributed by atoms with Gasteiger partial charge in [-0.3, -0.25) is 29.5 Å². The third-order valence-electron chi connectivity index (χ3n) is 31.6. The number of nitrogens with zero attached hydrogens (tertiary/aromatic N) is 14. The van der Waals surface area contributed by atoms with Gasteiger partial charge in [0.25, 0.3) is 0 Å². The average molecular weight is 1960 g/mol. The fourth-order valence-electron chi connectivity index (χ4n) is 23.8. The highest BCUT2D eigenvalue weighted by atomic mass is 16.3. The van der Waals surface area contributed by atoms with Crippen LogP contribution in [0.4, 0.5) is 17.3 Å². The maximum atomic E-state index is 12.9. The number of dihydropyridines is 1. The van der Waals surface area contributed by atoms with Gasteiger partial charge in [-0.25, -0.2) is 20.0 Å². The maximum Gasteiger partial charge on any atom is 0.246 e. The summed E-state index contributed by atoms with van der Waals surface area (Å²) in [5.41, 5.74) is 46.0. The molecule has 25 nitrogen and oxygen atoms in total. The number of hydrogen-bond donors (Lipinski definition) is 10. The van der Waals surface area contributed by atoms with Crippen molar-refractivity contribution in [1.29, 1.82) is 0 Å². The minimum Gasteiger partial charge on any atom is -0.508 e. The number of benzene rings is 6. The molecule has 2 fully saturated rings. The highest BCUT2D eigenvalue weighted by Crippen LogP contribution is 2.50. The van der Waals surface area contributed by atoms with Gasteiger partial charge in [0.15, 0.2) is 11.6 Å². The number of aliphatic hydroxyl groups excluding tert-OH is 1. The molecule has 5 unspecified atom stereocenters. The first-order valence-electron chi connectivity index (χ1n) is 53.2. The normalized spacial score (nSPS) is 19.7. The number of phenols is 2. The Morgan fingerprint density at radius 3 is 2.16 bits per heavy atom. The second-order valence-corrected chi connectivity index (χ2v) is 41.1. The number of likely N-dealkylation sites (N-methyl/N-ethyl adjacent to an activating group) is 1. The van der Waals surface area contributed by atoms with E-state index in [-0.39, 0.29) is 35.4 Å². The van der Waals surface area contributed by atoms with Crippen LogP contribution in [0.1, 0.15) is 220 Å². The van der Waals surface area contributed by atoms with Crippen LogP contribution in [0.15, 0.2) is 235 Å². The number of nitrogens with two attached hydrogens (primary N) is 1. The summed E-state index contributed by atoms with van der Waals surface area (Å²) in [7, 11) is 6.09. The van der Waals surface area contributed by atoms with Crippen molar-refractivity contribution in [2.24, 2.45) is 42.7 Å². The number of aromatic nitrogens is 13. The number of hydrogen-bond acceptors (Lipinski definition) is 19. The Labute approximate surface area is 860 Å². The van der Waals surface area contributed by atoms with Gasteiger partial charge in [-0.15, -0.1) is 0 Å². The zero-order chi connectivity index (χ0) is 101. The fourth-order valence-corrected chi connectivity index (χ4v) is 23.8. The molecule has 0 bridgehead atoms. The topological polar surface area (TPSA) is 322 Å². The minimum absolute atomic E-state index is 0.122. The van der Waals surface area contributed by atoms with Crippen molar-refractivity contribution >= 4 is 119 Å². The molecule has 11 N–H and O–H groups in total. The number of rotatable bonds is 18. The Bertz CT molecular complexity index is 7730. The molecule has 0 spiro atoms. The lowest BCUT2D eigenvalue weighted by molar-refractivity contribution is -0.134. The predicted octanol–water partition coefficient (Wildman–Crippen LogP) is 23.9. The quantitative estimate of drug-likeness (QED) is 0.0382. The van der Waals surface area contributed by atoms with Crippen molar-refractivity contribution in [2.45, 2.75) is 200 Å². The van der Waals surface area contributed by atoms with Crippen molar-refractivity contribution in [3.8, 4) is 34.0 Å². The number of amides is 1. The van der Waals surface area contributed by atoms with E-state index in [9.17, 15) is 20.1 Å². The largest absolute Gasteiger partial charge is 0.508 e. The van der Waals surface area contributed by atoms with Crippen molar-refractivity contribution < 1.29 is 20.1 Å². The van der Waals surface area contributed by atoms with Gasteiger partial charge in [0, 0.05) is 155 Å². The number of aliphatic hydroxyl groups is 1. The van der Waals surface area contributed by atoms with Gasteiger partial charge < -0.3 is 46.8 Å². The average Bonchev–Trinajstić information content (AvgIpc) is 1.72. The number of nitrogens with one attached hydrogen (secondary N) is 6. The van der Waals surface area contributed by atoms with E-state index in [4.69, 9.17) is 20.7 Å². The van der Waals surface area contributed by atoms with Gasteiger partial charge in [-0.1, -0.05) is 132 Å². The van der Waals surface area contributed by atoms with E-state index >= 15 is 0 Å². The number of aromatic hydroxyl groups is 2. The number of unbranched alkanes of at least 4 members (excludes halogenated alkanes) is 1. The molecule has 14 aromatic rings. The summed E-state index contributed by atoms with van der Waals surface area (Å²) in [4.78, 5) is 33.0. The molecule has 7 aliphatic carbocycles. The number of hydrazone groups is 1. The Morgan fingerprint density at radius 2 is 1.39 bits per heavy atom. The van der Waals surface area contributed by atoms with E-state index in [1.54, 1.807) is 45.1 Å². The lowest BCUT2D eigenvalue weighted by atomic mass is 9.75. The fraction of sp³-hybridized carbons (Fsp3) is 0.344. The zero-order valence-electron chi connectivity index (χ0n) is 85.8. The lowest BCUT2D eigenvalue weighted by Crippen LogP contribution is -2.43. The molecular formula is C122H135N21O4. The molecule has 5 atom stereocenters. The van der Waals surface area contributed by atoms with Crippen LogP contribution in [0.2, 0.25) is 0 Å². The summed E-state index contributed by atoms with van der Waals surface area (Å²) < 4.78 is 3.68. The standard InChI is InChI=1S/C28H35N5.C26H33N3O2.C24H24N6O.C23H24N4.C21H19N3O/c1-4-6-7-21-17-27(29-18-24(21)25-19-30-31-26(25)5-2)22-9-8-20-10-11-28(23(20)16-22)33-14-12-32(3)13-15-33;1-3-7-23-18(2)22-15-16-27-29(26(31)20-8-4-5-9-20)17-6-10-24(22)28-25(23)19-11-13-21(30)14-12-19;1-4-5-17-14(2)21-18(25-23(17)15-6-8-16(31)9-7-15)10-11-19-22(21)24(28-27-19)26-20-12-13-30(3)29-20;24-19-8-7-13-5-6-14(11-17(13)19)23-16-4-2-1-3-15(16)22-18-12-25-27-20(18)9-10-21(22)26-23;1-24-19-11-10-18-20(17(19)12-22-24)15-4-2-3-5-16(15)21(23-18)13-6-8-14(25)9-7-13/h5,8-9,11,16-19,27,29H,2,4,6-7,10,12-15H2,1,3H3,(H,30,31);6,10-13,16,20-21,30H,3-5,7-9,14-15,17H2,1-2H3;6-13,31H,4-5H2,1-3H3,(H2,26,27,28,29);5-6,8-13,17,23,26H,1-4,7,24H2,(H,25,27);6-12,25H,2-5H2,1H3/b;10-6-,27-16-;;;. The van der Waals surface area contributed by atoms with E-state index in [0.717, 1.165) is 222 Å². The number of aromatic amines is 3. The van der Waals surface area contributed by atoms with Crippen LogP contribution in [0.5, 0.6) is 11.5 Å². The van der Waals surface area contributed by atoms with E-state index in [1.807, 2.05) is 123 Å². The van der Waals surface area contributed by atoms with E-state index < -0.39 is 6.10 Å². The van der Waals surface area contributed by atoms with Crippen LogP contribution in [-0.2, 0) is 57.4 Å². The Morgan fingerprint density at radius 1 is 0.653 bits per heavy atom. The first kappa shape index (κ1) is 98.0. The molecule has 4 aliphatic heterocycles.